The van der Waals surface area contributed by atoms with E-state index in [1.807, 2.05) is 25.1 Å². The Hall–Kier alpha value is -2.43. The Labute approximate surface area is 123 Å². The molecule has 0 bridgehead atoms. The minimum absolute atomic E-state index is 0.393. The third-order valence-corrected chi connectivity index (χ3v) is 3.18. The third-order valence-electron chi connectivity index (χ3n) is 3.18. The van der Waals surface area contributed by atoms with Crippen LogP contribution in [0.2, 0.25) is 0 Å². The van der Waals surface area contributed by atoms with Crippen LogP contribution in [0.15, 0.2) is 28.7 Å². The van der Waals surface area contributed by atoms with Crippen molar-refractivity contribution >= 4 is 11.7 Å². The summed E-state index contributed by atoms with van der Waals surface area (Å²) in [5.74, 6) is 1.59. The molecule has 112 valence electrons. The summed E-state index contributed by atoms with van der Waals surface area (Å²) >= 11 is 0. The second-order valence-corrected chi connectivity index (χ2v) is 4.73. The second kappa shape index (κ2) is 6.35. The molecule has 0 aliphatic carbocycles. The quantitative estimate of drug-likeness (QED) is 0.856. The largest absolute Gasteiger partial charge is 0.495 e. The summed E-state index contributed by atoms with van der Waals surface area (Å²) in [6.07, 6.45) is 0. The number of carbonyl (C=O) groups is 1. The number of methoxy groups -OCH3 is 2. The summed E-state index contributed by atoms with van der Waals surface area (Å²) in [7, 11) is 2.98. The van der Waals surface area contributed by atoms with Crippen LogP contribution in [0, 0.1) is 13.8 Å². The minimum atomic E-state index is -0.393. The zero-order valence-electron chi connectivity index (χ0n) is 12.6. The van der Waals surface area contributed by atoms with Crippen LogP contribution in [0.5, 0.6) is 5.75 Å². The molecule has 1 heterocycles. The molecular formula is C16H19NO4. The van der Waals surface area contributed by atoms with Crippen LogP contribution in [0.25, 0.3) is 0 Å². The maximum absolute atomic E-state index is 11.5. The van der Waals surface area contributed by atoms with Gasteiger partial charge in [-0.3, -0.25) is 0 Å². The number of aryl methyl sites for hydroxylation is 2. The molecule has 2 aromatic rings. The van der Waals surface area contributed by atoms with E-state index in [4.69, 9.17) is 13.9 Å². The highest BCUT2D eigenvalue weighted by atomic mass is 16.5. The fourth-order valence-corrected chi connectivity index (χ4v) is 2.07. The van der Waals surface area contributed by atoms with E-state index in [0.717, 1.165) is 17.0 Å². The van der Waals surface area contributed by atoms with Gasteiger partial charge in [-0.05, 0) is 37.6 Å². The van der Waals surface area contributed by atoms with Crippen LogP contribution in [0.4, 0.5) is 5.69 Å². The highest BCUT2D eigenvalue weighted by Gasteiger charge is 2.15. The summed E-state index contributed by atoms with van der Waals surface area (Å²) < 4.78 is 15.6. The zero-order valence-corrected chi connectivity index (χ0v) is 12.6. The smallest absolute Gasteiger partial charge is 0.341 e. The van der Waals surface area contributed by atoms with E-state index in [9.17, 15) is 4.79 Å². The Morgan fingerprint density at radius 1 is 1.24 bits per heavy atom. The van der Waals surface area contributed by atoms with Gasteiger partial charge in [-0.1, -0.05) is 6.07 Å². The van der Waals surface area contributed by atoms with Gasteiger partial charge in [0.25, 0.3) is 0 Å². The van der Waals surface area contributed by atoms with Crippen molar-refractivity contribution in [2.75, 3.05) is 19.5 Å². The first-order valence-corrected chi connectivity index (χ1v) is 6.61. The van der Waals surface area contributed by atoms with Gasteiger partial charge in [-0.2, -0.15) is 0 Å². The molecule has 0 aliphatic heterocycles. The number of hydrogen-bond donors (Lipinski definition) is 1. The Morgan fingerprint density at radius 3 is 2.67 bits per heavy atom. The number of ether oxygens (including phenoxy) is 2. The molecular weight excluding hydrogens is 270 g/mol. The number of hydrogen-bond acceptors (Lipinski definition) is 5. The Balaban J connectivity index is 2.12. The van der Waals surface area contributed by atoms with Crippen molar-refractivity contribution in [3.05, 3.63) is 46.9 Å². The van der Waals surface area contributed by atoms with Gasteiger partial charge < -0.3 is 19.2 Å². The lowest BCUT2D eigenvalue weighted by molar-refractivity contribution is 0.0599. The van der Waals surface area contributed by atoms with Gasteiger partial charge in [0.1, 0.15) is 22.8 Å². The lowest BCUT2D eigenvalue weighted by atomic mass is 10.2. The topological polar surface area (TPSA) is 60.7 Å². The summed E-state index contributed by atoms with van der Waals surface area (Å²) in [6.45, 7) is 4.20. The van der Waals surface area contributed by atoms with Crippen molar-refractivity contribution in [1.82, 2.24) is 0 Å². The molecule has 2 rings (SSSR count). The van der Waals surface area contributed by atoms with Crippen LogP contribution in [0.3, 0.4) is 0 Å². The van der Waals surface area contributed by atoms with Crippen molar-refractivity contribution in [2.45, 2.75) is 20.4 Å². The predicted octanol–water partition coefficient (Wildman–Crippen LogP) is 3.30. The fourth-order valence-electron chi connectivity index (χ4n) is 2.07. The molecule has 0 saturated heterocycles. The van der Waals surface area contributed by atoms with E-state index >= 15 is 0 Å². The average Bonchev–Trinajstić information content (AvgIpc) is 2.86. The molecule has 0 radical (unpaired) electrons. The summed E-state index contributed by atoms with van der Waals surface area (Å²) in [5, 5.41) is 3.23. The molecule has 0 unspecified atom stereocenters. The van der Waals surface area contributed by atoms with E-state index in [1.54, 1.807) is 20.1 Å². The van der Waals surface area contributed by atoms with Crippen molar-refractivity contribution < 1.29 is 18.7 Å². The number of benzene rings is 1. The van der Waals surface area contributed by atoms with Gasteiger partial charge in [0.2, 0.25) is 0 Å². The minimum Gasteiger partial charge on any atom is -0.495 e. The molecule has 0 fully saturated rings. The normalized spacial score (nSPS) is 10.3. The molecule has 0 amide bonds. The Morgan fingerprint density at radius 2 is 2.00 bits per heavy atom. The van der Waals surface area contributed by atoms with Crippen LogP contribution in [-0.4, -0.2) is 20.2 Å². The molecule has 0 aliphatic rings. The maximum atomic E-state index is 11.5. The lowest BCUT2D eigenvalue weighted by Gasteiger charge is -2.10. The first kappa shape index (κ1) is 15.0. The van der Waals surface area contributed by atoms with Gasteiger partial charge in [0, 0.05) is 0 Å². The monoisotopic (exact) mass is 289 g/mol. The number of rotatable bonds is 5. The van der Waals surface area contributed by atoms with Crippen LogP contribution in [-0.2, 0) is 11.3 Å². The number of esters is 1. The summed E-state index contributed by atoms with van der Waals surface area (Å²) in [4.78, 5) is 11.5. The molecule has 0 spiro atoms. The maximum Gasteiger partial charge on any atom is 0.341 e. The van der Waals surface area contributed by atoms with Crippen LogP contribution >= 0.6 is 0 Å². The molecule has 1 N–H and O–H groups in total. The van der Waals surface area contributed by atoms with E-state index in [-0.39, 0.29) is 0 Å². The van der Waals surface area contributed by atoms with Gasteiger partial charge in [0.05, 0.1) is 26.5 Å². The van der Waals surface area contributed by atoms with Crippen LogP contribution < -0.4 is 10.1 Å². The number of furan rings is 1. The predicted molar refractivity (Wildman–Crippen MR) is 79.8 cm³/mol. The van der Waals surface area contributed by atoms with Crippen molar-refractivity contribution in [1.29, 1.82) is 0 Å². The molecule has 5 heteroatoms. The van der Waals surface area contributed by atoms with E-state index in [2.05, 4.69) is 5.32 Å². The molecule has 0 atom stereocenters. The van der Waals surface area contributed by atoms with E-state index in [0.29, 0.717) is 23.6 Å². The van der Waals surface area contributed by atoms with Gasteiger partial charge in [-0.25, -0.2) is 4.79 Å². The summed E-state index contributed by atoms with van der Waals surface area (Å²) in [6, 6.07) is 7.59. The van der Waals surface area contributed by atoms with Gasteiger partial charge >= 0.3 is 5.97 Å². The van der Waals surface area contributed by atoms with E-state index < -0.39 is 5.97 Å². The van der Waals surface area contributed by atoms with Crippen molar-refractivity contribution in [2.24, 2.45) is 0 Å². The highest BCUT2D eigenvalue weighted by Crippen LogP contribution is 2.26. The fraction of sp³-hybridized carbons (Fsp3) is 0.312. The van der Waals surface area contributed by atoms with Crippen molar-refractivity contribution in [3.63, 3.8) is 0 Å². The highest BCUT2D eigenvalue weighted by molar-refractivity contribution is 5.90. The molecule has 5 nitrogen and oxygen atoms in total. The Bertz CT molecular complexity index is 646. The average molecular weight is 289 g/mol. The second-order valence-electron chi connectivity index (χ2n) is 4.73. The first-order valence-electron chi connectivity index (χ1n) is 6.61. The zero-order chi connectivity index (χ0) is 15.4. The lowest BCUT2D eigenvalue weighted by Crippen LogP contribution is -2.02. The van der Waals surface area contributed by atoms with Crippen molar-refractivity contribution in [3.8, 4) is 5.75 Å². The van der Waals surface area contributed by atoms with E-state index in [1.165, 1.54) is 7.11 Å². The molecule has 0 saturated carbocycles. The number of carbonyl (C=O) groups excluding carboxylic acids is 1. The molecule has 21 heavy (non-hydrogen) atoms. The Kier molecular flexibility index (Phi) is 4.52. The van der Waals surface area contributed by atoms with Gasteiger partial charge in [0.15, 0.2) is 0 Å². The standard InChI is InChI=1S/C16H19NO4/c1-10-5-6-14(15(7-10)19-3)17-9-12-8-13(11(2)21-12)16(18)20-4/h5-8,17H,9H2,1-4H3. The number of nitrogens with one attached hydrogen (secondary N) is 1. The third kappa shape index (κ3) is 3.37. The molecule has 1 aromatic carbocycles. The van der Waals surface area contributed by atoms with Gasteiger partial charge in [-0.15, -0.1) is 0 Å². The molecule has 1 aromatic heterocycles. The number of anilines is 1. The van der Waals surface area contributed by atoms with Crippen LogP contribution in [0.1, 0.15) is 27.4 Å². The first-order chi connectivity index (χ1) is 10.0. The summed E-state index contributed by atoms with van der Waals surface area (Å²) in [5.41, 5.74) is 2.45. The SMILES string of the molecule is COC(=O)c1cc(CNc2ccc(C)cc2OC)oc1C.